The molecule has 2 unspecified atom stereocenters. The fraction of sp³-hybridized carbons (Fsp3) is 0.295. The molecule has 0 bridgehead atoms. The van der Waals surface area contributed by atoms with E-state index in [4.69, 9.17) is 14.2 Å². The van der Waals surface area contributed by atoms with Gasteiger partial charge in [0.15, 0.2) is 6.10 Å². The highest BCUT2D eigenvalue weighted by molar-refractivity contribution is 5.75. The summed E-state index contributed by atoms with van der Waals surface area (Å²) in [6, 6.07) is 43.7. The van der Waals surface area contributed by atoms with Gasteiger partial charge in [-0.05, 0) is 102 Å². The van der Waals surface area contributed by atoms with Gasteiger partial charge in [-0.3, -0.25) is 4.90 Å². The van der Waals surface area contributed by atoms with Gasteiger partial charge >= 0.3 is 5.97 Å². The van der Waals surface area contributed by atoms with Gasteiger partial charge < -0.3 is 14.2 Å². The number of hydrogen-bond acceptors (Lipinski definition) is 5. The van der Waals surface area contributed by atoms with Crippen LogP contribution in [0.2, 0.25) is 0 Å². The predicted molar refractivity (Wildman–Crippen MR) is 197 cm³/mol. The minimum Gasteiger partial charge on any atom is -0.492 e. The van der Waals surface area contributed by atoms with E-state index in [-0.39, 0.29) is 12.0 Å². The van der Waals surface area contributed by atoms with E-state index < -0.39 is 6.10 Å². The van der Waals surface area contributed by atoms with E-state index >= 15 is 0 Å². The molecule has 252 valence electrons. The summed E-state index contributed by atoms with van der Waals surface area (Å²) in [4.78, 5) is 14.6. The molecular weight excluding hydrogens is 606 g/mol. The third-order valence-corrected chi connectivity index (χ3v) is 9.59. The van der Waals surface area contributed by atoms with Gasteiger partial charge in [-0.15, -0.1) is 0 Å². The van der Waals surface area contributed by atoms with Crippen LogP contribution in [0.1, 0.15) is 51.9 Å². The van der Waals surface area contributed by atoms with Gasteiger partial charge in [0, 0.05) is 20.1 Å². The monoisotopic (exact) mass is 653 g/mol. The van der Waals surface area contributed by atoms with Crippen LogP contribution in [0.4, 0.5) is 0 Å². The minimum atomic E-state index is -0.616. The van der Waals surface area contributed by atoms with Crippen molar-refractivity contribution in [3.05, 3.63) is 160 Å². The first kappa shape index (κ1) is 34.2. The standard InChI is InChI=1S/C44H47NO4/c1-4-48-44(46)42(47-3)30-34-17-23-39(24-18-34)49-28-27-45(2)43-40-25-19-33(16-15-32-11-7-5-8-12-32)29-37(40)20-21-38-31-36(22-26-41(38)43)35-13-9-6-10-14-35/h5-14,17-19,22-26,29,31,42-43H,4,15-16,20-21,27-28,30H2,1-3H3. The predicted octanol–water partition coefficient (Wildman–Crippen LogP) is 8.46. The summed E-state index contributed by atoms with van der Waals surface area (Å²) in [6.45, 7) is 3.45. The number of carbonyl (C=O) groups excluding carboxylic acids is 1. The second kappa shape index (κ2) is 16.6. The molecule has 2 atom stereocenters. The molecular formula is C44H47NO4. The minimum absolute atomic E-state index is 0.125. The summed E-state index contributed by atoms with van der Waals surface area (Å²) in [5, 5.41) is 0. The molecule has 5 aromatic carbocycles. The van der Waals surface area contributed by atoms with Gasteiger partial charge in [0.1, 0.15) is 12.4 Å². The molecule has 1 aliphatic carbocycles. The lowest BCUT2D eigenvalue weighted by Crippen LogP contribution is -2.30. The fourth-order valence-electron chi connectivity index (χ4n) is 6.91. The smallest absolute Gasteiger partial charge is 0.335 e. The van der Waals surface area contributed by atoms with Crippen LogP contribution < -0.4 is 4.74 Å². The Morgan fingerprint density at radius 2 is 1.37 bits per heavy atom. The molecule has 5 nitrogen and oxygen atoms in total. The maximum absolute atomic E-state index is 12.2. The zero-order valence-electron chi connectivity index (χ0n) is 28.9. The van der Waals surface area contributed by atoms with Crippen molar-refractivity contribution < 1.29 is 19.0 Å². The van der Waals surface area contributed by atoms with Gasteiger partial charge in [0.05, 0.1) is 12.6 Å². The molecule has 49 heavy (non-hydrogen) atoms. The van der Waals surface area contributed by atoms with Crippen LogP contribution in [0.5, 0.6) is 5.75 Å². The number of benzene rings is 5. The first-order chi connectivity index (χ1) is 24.0. The number of likely N-dealkylation sites (N-methyl/N-ethyl adjacent to an activating group) is 1. The van der Waals surface area contributed by atoms with Crippen LogP contribution in [0.25, 0.3) is 11.1 Å². The molecule has 5 heteroatoms. The Bertz CT molecular complexity index is 1800. The number of aryl methyl sites for hydroxylation is 4. The van der Waals surface area contributed by atoms with Crippen LogP contribution >= 0.6 is 0 Å². The van der Waals surface area contributed by atoms with Gasteiger partial charge in [-0.25, -0.2) is 4.79 Å². The van der Waals surface area contributed by atoms with Crippen LogP contribution in [0, 0.1) is 0 Å². The van der Waals surface area contributed by atoms with E-state index in [0.717, 1.165) is 43.5 Å². The Morgan fingerprint density at radius 3 is 2.06 bits per heavy atom. The number of carbonyl (C=O) groups is 1. The van der Waals surface area contributed by atoms with Crippen molar-refractivity contribution in [1.29, 1.82) is 0 Å². The highest BCUT2D eigenvalue weighted by Crippen LogP contribution is 2.38. The Kier molecular flexibility index (Phi) is 11.6. The zero-order valence-corrected chi connectivity index (χ0v) is 28.9. The summed E-state index contributed by atoms with van der Waals surface area (Å²) in [5.41, 5.74) is 11.9. The zero-order chi connectivity index (χ0) is 34.0. The van der Waals surface area contributed by atoms with E-state index in [1.54, 1.807) is 6.92 Å². The van der Waals surface area contributed by atoms with E-state index in [1.165, 1.54) is 51.6 Å². The largest absolute Gasteiger partial charge is 0.492 e. The molecule has 0 aromatic heterocycles. The SMILES string of the molecule is CCOC(=O)C(Cc1ccc(OCCN(C)C2c3ccc(CCc4ccccc4)cc3CCc3cc(-c4ccccc4)ccc32)cc1)OC. The second-order valence-corrected chi connectivity index (χ2v) is 12.9. The van der Waals surface area contributed by atoms with Crippen molar-refractivity contribution >= 4 is 5.97 Å². The Hall–Kier alpha value is -4.71. The fourth-order valence-corrected chi connectivity index (χ4v) is 6.91. The van der Waals surface area contributed by atoms with Crippen LogP contribution in [0.3, 0.4) is 0 Å². The molecule has 0 N–H and O–H groups in total. The first-order valence-electron chi connectivity index (χ1n) is 17.5. The summed E-state index contributed by atoms with van der Waals surface area (Å²) in [5.74, 6) is 0.467. The molecule has 0 radical (unpaired) electrons. The number of fused-ring (bicyclic) bond motifs is 2. The van der Waals surface area contributed by atoms with Crippen LogP contribution in [-0.2, 0) is 46.4 Å². The Balaban J connectivity index is 1.18. The number of methoxy groups -OCH3 is 1. The first-order valence-corrected chi connectivity index (χ1v) is 17.5. The molecule has 0 amide bonds. The number of nitrogens with zero attached hydrogens (tertiary/aromatic N) is 1. The molecule has 0 saturated heterocycles. The Morgan fingerprint density at radius 1 is 0.735 bits per heavy atom. The van der Waals surface area contributed by atoms with Crippen molar-refractivity contribution in [2.24, 2.45) is 0 Å². The molecule has 0 saturated carbocycles. The average Bonchev–Trinajstić information content (AvgIpc) is 3.30. The summed E-state index contributed by atoms with van der Waals surface area (Å²) in [7, 11) is 3.75. The maximum atomic E-state index is 12.2. The van der Waals surface area contributed by atoms with E-state index in [2.05, 4.69) is 109 Å². The number of hydrogen-bond donors (Lipinski definition) is 0. The molecule has 1 aliphatic rings. The van der Waals surface area contributed by atoms with Gasteiger partial charge in [0.2, 0.25) is 0 Å². The second-order valence-electron chi connectivity index (χ2n) is 12.9. The Labute approximate surface area is 291 Å². The summed E-state index contributed by atoms with van der Waals surface area (Å²) in [6.07, 6.45) is 3.95. The molecule has 5 aromatic rings. The summed E-state index contributed by atoms with van der Waals surface area (Å²) >= 11 is 0. The van der Waals surface area contributed by atoms with Crippen molar-refractivity contribution in [3.8, 4) is 16.9 Å². The molecule has 0 aliphatic heterocycles. The lowest BCUT2D eigenvalue weighted by molar-refractivity contribution is -0.154. The van der Waals surface area contributed by atoms with E-state index in [0.29, 0.717) is 19.6 Å². The van der Waals surface area contributed by atoms with Crippen molar-refractivity contribution in [3.63, 3.8) is 0 Å². The average molecular weight is 654 g/mol. The number of ether oxygens (including phenoxy) is 3. The lowest BCUT2D eigenvalue weighted by Gasteiger charge is -2.31. The molecule has 0 heterocycles. The van der Waals surface area contributed by atoms with Gasteiger partial charge in [0.25, 0.3) is 0 Å². The number of esters is 1. The van der Waals surface area contributed by atoms with Crippen molar-refractivity contribution in [1.82, 2.24) is 4.90 Å². The van der Waals surface area contributed by atoms with Crippen LogP contribution in [0.15, 0.2) is 121 Å². The van der Waals surface area contributed by atoms with Crippen molar-refractivity contribution in [2.45, 2.75) is 51.2 Å². The molecule has 0 spiro atoms. The summed E-state index contributed by atoms with van der Waals surface area (Å²) < 4.78 is 16.7. The maximum Gasteiger partial charge on any atom is 0.335 e. The topological polar surface area (TPSA) is 48.0 Å². The van der Waals surface area contributed by atoms with Gasteiger partial charge in [-0.2, -0.15) is 0 Å². The van der Waals surface area contributed by atoms with E-state index in [9.17, 15) is 4.79 Å². The normalized spacial score (nSPS) is 14.4. The highest BCUT2D eigenvalue weighted by Gasteiger charge is 2.28. The lowest BCUT2D eigenvalue weighted by atomic mass is 9.90. The molecule has 6 rings (SSSR count). The number of rotatable bonds is 14. The third kappa shape index (κ3) is 8.66. The van der Waals surface area contributed by atoms with E-state index in [1.807, 2.05) is 24.3 Å². The van der Waals surface area contributed by atoms with Crippen molar-refractivity contribution in [2.75, 3.05) is 33.9 Å². The third-order valence-electron chi connectivity index (χ3n) is 9.59. The molecule has 0 fully saturated rings. The van der Waals surface area contributed by atoms with Gasteiger partial charge in [-0.1, -0.05) is 109 Å². The quantitative estimate of drug-likeness (QED) is 0.113. The van der Waals surface area contributed by atoms with Crippen LogP contribution in [-0.4, -0.2) is 50.9 Å². The highest BCUT2D eigenvalue weighted by atomic mass is 16.6.